The Hall–Kier alpha value is -4.94. The number of aliphatic hydroxyl groups is 9. The largest absolute Gasteiger partial charge is 1.00 e. The number of sulfone groups is 2. The van der Waals surface area contributed by atoms with Gasteiger partial charge in [0, 0.05) is 82.6 Å². The summed E-state index contributed by atoms with van der Waals surface area (Å²) in [4.78, 5) is 0.756. The van der Waals surface area contributed by atoms with Gasteiger partial charge in [0.05, 0.1) is 9.79 Å². The van der Waals surface area contributed by atoms with Crippen LogP contribution in [-0.2, 0) is 24.1 Å². The SMILES string of the molecule is C=Cc1ccc(C=C)cc1.C=Cc1ccccc1.C=Cc1ccccc1.CC.CC.CC.CC.CC.CC.CC.CC.CC.CC.CC.CC.CC.CC.CC.CC.CO.CO.CO.CO.CO.CO.CO.CO.Cc1ccc(S(C)(=O)=O)cc1.Cc1ccc(S(C)(=O)=O)cc1.OCCCC[CH-]c1ccccc1.[CH2-]CCO[SiH2]C(C)(C)C.[Li+].[Li+]. The summed E-state index contributed by atoms with van der Waals surface area (Å²) in [5, 5.41) is 65.0. The summed E-state index contributed by atoms with van der Waals surface area (Å²) in [5.41, 5.74) is 8.04. The second kappa shape index (κ2) is 222. The first-order valence-electron chi connectivity index (χ1n) is 42.4. The minimum Gasteiger partial charge on any atom is -0.426 e. The van der Waals surface area contributed by atoms with Gasteiger partial charge in [0.25, 0.3) is 0 Å². The number of aryl methyl sites for hydroxylation is 2. The van der Waals surface area contributed by atoms with Crippen LogP contribution in [0.25, 0.3) is 24.3 Å². The van der Waals surface area contributed by atoms with Crippen LogP contribution in [0, 0.1) is 27.2 Å². The van der Waals surface area contributed by atoms with E-state index in [1.54, 1.807) is 48.5 Å². The fourth-order valence-corrected chi connectivity index (χ4v) is 7.33. The molecule has 0 unspecified atom stereocenters. The molecule has 708 valence electrons. The van der Waals surface area contributed by atoms with E-state index in [0.29, 0.717) is 21.4 Å². The molecule has 0 radical (unpaired) electrons. The molecule has 0 heterocycles. The third kappa shape index (κ3) is 212. The maximum Gasteiger partial charge on any atom is 1.00 e. The van der Waals surface area contributed by atoms with Gasteiger partial charge in [-0.15, -0.1) is 12.1 Å². The molecule has 0 aliphatic rings. The topological polar surface area (TPSA) is 260 Å². The normalized spacial score (nSPS) is 7.20. The molecule has 14 nitrogen and oxygen atoms in total. The molecule has 0 amide bonds. The first kappa shape index (κ1) is 192. The van der Waals surface area contributed by atoms with Crippen LogP contribution < -0.4 is 37.7 Å². The van der Waals surface area contributed by atoms with Crippen molar-refractivity contribution < 1.29 is 105 Å². The molecule has 0 fully saturated rings. The molecule has 6 aromatic carbocycles. The molecule has 0 atom stereocenters. The minimum absolute atomic E-state index is 0. The Balaban J connectivity index is -0.0000000305. The van der Waals surface area contributed by atoms with Crippen molar-refractivity contribution in [3.63, 3.8) is 0 Å². The van der Waals surface area contributed by atoms with Crippen LogP contribution in [0.1, 0.15) is 307 Å². The molecule has 0 spiro atoms. The summed E-state index contributed by atoms with van der Waals surface area (Å²) < 4.78 is 49.2. The van der Waals surface area contributed by atoms with Crippen LogP contribution in [-0.4, -0.2) is 155 Å². The molecule has 0 aliphatic carbocycles. The Morgan fingerprint density at radius 1 is 0.345 bits per heavy atom. The van der Waals surface area contributed by atoms with Gasteiger partial charge in [-0.3, -0.25) is 0 Å². The molecule has 6 rings (SSSR count). The Morgan fingerprint density at radius 2 is 0.538 bits per heavy atom. The summed E-state index contributed by atoms with van der Waals surface area (Å²) in [7, 11) is 1.66. The van der Waals surface area contributed by atoms with E-state index < -0.39 is 19.7 Å². The standard InChI is InChI=1S/C11H15O.C10H10.2C8H10O2S.2C8H8.C7H17OSi.16C2H6.8CH4O.2Li/c12-10-6-2-5-9-11-7-3-1-4-8-11;1-3-9-5-7-10(4-2)8-6-9;2*1-7-3-5-8(6-4-7)11(2,9)10;2*1-2-8-6-4-3-5-7-8;1-5-6-8-9-7(2,3)4;24*1-2;;/h1,3-4,7-9,12H,2,5-6,10H2;3-8H,1-2H2;2*3-6H,1-2H3;2*2-7H,1H2;1,5-6,9H2,2-4H3;16*1-2H3;8*2H,1H3;;/q-1;;;;;;-1;;;;;;;;;;;;;;;;;;;;;;;;;2*+1. The first-order valence-corrected chi connectivity index (χ1v) is 47.5. The number of hydrogen-bond acceptors (Lipinski definition) is 14. The van der Waals surface area contributed by atoms with Gasteiger partial charge in [-0.2, -0.15) is 30.5 Å². The van der Waals surface area contributed by atoms with E-state index >= 15 is 0 Å². The molecule has 6 aromatic rings. The van der Waals surface area contributed by atoms with Gasteiger partial charge in [0.2, 0.25) is 0 Å². The predicted molar refractivity (Wildman–Crippen MR) is 550 cm³/mol. The summed E-state index contributed by atoms with van der Waals surface area (Å²) in [6.07, 6.45) is 15.9. The molecule has 19 heteroatoms. The maximum absolute atomic E-state index is 10.9. The third-order valence-corrected chi connectivity index (χ3v) is 12.6. The van der Waals surface area contributed by atoms with Gasteiger partial charge >= 0.3 is 37.7 Å². The molecule has 0 bridgehead atoms. The van der Waals surface area contributed by atoms with Gasteiger partial charge < -0.3 is 57.3 Å². The van der Waals surface area contributed by atoms with Crippen molar-refractivity contribution >= 4 is 53.7 Å². The average Bonchev–Trinajstić information content (AvgIpc) is 0.873. The van der Waals surface area contributed by atoms with Gasteiger partial charge in [-0.05, 0) is 71.8 Å². The zero-order valence-electron chi connectivity index (χ0n) is 87.8. The Labute approximate surface area is 774 Å². The molecular weight excluding hydrogens is 1530 g/mol. The first-order chi connectivity index (χ1) is 56.7. The quantitative estimate of drug-likeness (QED) is 0.0279. The molecule has 0 saturated heterocycles. The third-order valence-electron chi connectivity index (χ3n) is 8.99. The van der Waals surface area contributed by atoms with E-state index in [9.17, 15) is 16.8 Å². The zero-order chi connectivity index (χ0) is 100.0. The van der Waals surface area contributed by atoms with Crippen molar-refractivity contribution in [1.29, 1.82) is 0 Å². The van der Waals surface area contributed by atoms with Gasteiger partial charge in [-0.1, -0.05) is 432 Å². The van der Waals surface area contributed by atoms with E-state index in [0.717, 1.165) is 111 Å². The van der Waals surface area contributed by atoms with Crippen molar-refractivity contribution in [3.8, 4) is 0 Å². The van der Waals surface area contributed by atoms with Gasteiger partial charge in [-0.25, -0.2) is 16.8 Å². The fourth-order valence-electron chi connectivity index (χ4n) is 5.11. The molecule has 0 saturated carbocycles. The van der Waals surface area contributed by atoms with Crippen LogP contribution in [0.4, 0.5) is 0 Å². The number of rotatable bonds is 14. The smallest absolute Gasteiger partial charge is 0.426 e. The van der Waals surface area contributed by atoms with Crippen molar-refractivity contribution in [1.82, 2.24) is 0 Å². The molecular formula is C100H206Li2O14S2Si. The van der Waals surface area contributed by atoms with Gasteiger partial charge in [0.1, 0.15) is 0 Å². The summed E-state index contributed by atoms with van der Waals surface area (Å²) >= 11 is 0. The van der Waals surface area contributed by atoms with Gasteiger partial charge in [0.15, 0.2) is 29.4 Å². The second-order valence-corrected chi connectivity index (χ2v) is 23.6. The van der Waals surface area contributed by atoms with Crippen LogP contribution in [0.2, 0.25) is 5.04 Å². The molecule has 0 aliphatic heterocycles. The fraction of sp³-hybridized carbons (Fsp3) is 0.540. The number of benzene rings is 6. The number of aliphatic hydroxyl groups excluding tert-OH is 9. The van der Waals surface area contributed by atoms with Crippen LogP contribution in [0.5, 0.6) is 0 Å². The van der Waals surface area contributed by atoms with Crippen molar-refractivity contribution in [3.05, 3.63) is 242 Å². The summed E-state index contributed by atoms with van der Waals surface area (Å²) in [6, 6.07) is 52.0. The zero-order valence-corrected chi connectivity index (χ0v) is 90.9. The Kier molecular flexibility index (Phi) is 358. The predicted octanol–water partition coefficient (Wildman–Crippen LogP) is 21.7. The second-order valence-electron chi connectivity index (χ2n) is 16.8. The minimum atomic E-state index is -3.02. The molecule has 0 aromatic heterocycles. The van der Waals surface area contributed by atoms with Crippen LogP contribution in [0.3, 0.4) is 0 Å². The average molecular weight is 1740 g/mol. The van der Waals surface area contributed by atoms with E-state index in [2.05, 4.69) is 72.6 Å². The summed E-state index contributed by atoms with van der Waals surface area (Å²) in [5.74, 6) is 0. The maximum atomic E-state index is 10.9. The van der Waals surface area contributed by atoms with Crippen molar-refractivity contribution in [2.24, 2.45) is 0 Å². The Bertz CT molecular complexity index is 2370. The van der Waals surface area contributed by atoms with Crippen LogP contribution >= 0.6 is 0 Å². The van der Waals surface area contributed by atoms with Crippen molar-refractivity contribution in [2.75, 3.05) is 82.6 Å². The number of hydrogen-bond donors (Lipinski definition) is 9. The van der Waals surface area contributed by atoms with E-state index in [1.165, 1.54) is 29.2 Å². The van der Waals surface area contributed by atoms with E-state index in [4.69, 9.17) is 50.4 Å². The Morgan fingerprint density at radius 3 is 0.697 bits per heavy atom. The molecule has 119 heavy (non-hydrogen) atoms. The number of unbranched alkanes of at least 4 members (excludes halogenated alkanes) is 2. The monoisotopic (exact) mass is 1740 g/mol. The molecule has 9 N–H and O–H groups in total. The van der Waals surface area contributed by atoms with Crippen molar-refractivity contribution in [2.45, 2.75) is 297 Å². The van der Waals surface area contributed by atoms with E-state index in [1.807, 2.05) is 363 Å². The van der Waals surface area contributed by atoms with Crippen LogP contribution in [0.15, 0.2) is 200 Å². The van der Waals surface area contributed by atoms with E-state index in [-0.39, 0.29) is 47.5 Å². The summed E-state index contributed by atoms with van der Waals surface area (Å²) in [6.45, 7) is 94.0.